The fourth-order valence-electron chi connectivity index (χ4n) is 2.64. The Morgan fingerprint density at radius 1 is 1.20 bits per heavy atom. The number of hydrogen-bond donors (Lipinski definition) is 1. The highest BCUT2D eigenvalue weighted by molar-refractivity contribution is 4.75. The van der Waals surface area contributed by atoms with Gasteiger partial charge >= 0.3 is 0 Å². The van der Waals surface area contributed by atoms with Gasteiger partial charge < -0.3 is 15.1 Å². The average Bonchev–Trinajstić information content (AvgIpc) is 2.74. The molecule has 2 aliphatic rings. The molecule has 0 saturated carbocycles. The van der Waals surface area contributed by atoms with Gasteiger partial charge in [0, 0.05) is 32.2 Å². The van der Waals surface area contributed by atoms with Crippen molar-refractivity contribution in [1.82, 2.24) is 15.1 Å². The lowest BCUT2D eigenvalue weighted by molar-refractivity contribution is 0.151. The summed E-state index contributed by atoms with van der Waals surface area (Å²) in [6, 6.07) is 0.831. The van der Waals surface area contributed by atoms with E-state index in [1.807, 2.05) is 0 Å². The zero-order valence-corrected chi connectivity index (χ0v) is 10.0. The highest BCUT2D eigenvalue weighted by atomic mass is 15.2. The molecule has 0 aromatic carbocycles. The van der Waals surface area contributed by atoms with E-state index < -0.39 is 0 Å². The highest BCUT2D eigenvalue weighted by Gasteiger charge is 2.16. The molecule has 1 unspecified atom stereocenters. The minimum absolute atomic E-state index is 0.831. The molecule has 1 N–H and O–H groups in total. The van der Waals surface area contributed by atoms with Crippen LogP contribution >= 0.6 is 0 Å². The molecule has 0 spiro atoms. The molecule has 2 rings (SSSR count). The van der Waals surface area contributed by atoms with Crippen molar-refractivity contribution in [2.45, 2.75) is 31.7 Å². The van der Waals surface area contributed by atoms with Gasteiger partial charge in [0.1, 0.15) is 0 Å². The Kier molecular flexibility index (Phi) is 4.42. The van der Waals surface area contributed by atoms with Crippen molar-refractivity contribution in [3.63, 3.8) is 0 Å². The number of likely N-dealkylation sites (N-methyl/N-ethyl adjacent to an activating group) is 1. The van der Waals surface area contributed by atoms with Crippen LogP contribution in [0.5, 0.6) is 0 Å². The molecule has 2 saturated heterocycles. The molecule has 15 heavy (non-hydrogen) atoms. The zero-order valence-electron chi connectivity index (χ0n) is 10.0. The normalized spacial score (nSPS) is 29.8. The van der Waals surface area contributed by atoms with Crippen LogP contribution in [0.3, 0.4) is 0 Å². The largest absolute Gasteiger partial charge is 0.314 e. The van der Waals surface area contributed by atoms with Crippen LogP contribution in [0.1, 0.15) is 25.7 Å². The maximum Gasteiger partial charge on any atom is 0.0110 e. The molecule has 0 aliphatic carbocycles. The van der Waals surface area contributed by atoms with Crippen molar-refractivity contribution >= 4 is 0 Å². The first-order valence-corrected chi connectivity index (χ1v) is 6.49. The molecule has 0 aromatic rings. The van der Waals surface area contributed by atoms with Crippen molar-refractivity contribution in [1.29, 1.82) is 0 Å². The Labute approximate surface area is 93.8 Å². The number of nitrogens with one attached hydrogen (secondary N) is 1. The van der Waals surface area contributed by atoms with Crippen LogP contribution in [-0.2, 0) is 0 Å². The monoisotopic (exact) mass is 211 g/mol. The van der Waals surface area contributed by atoms with Crippen molar-refractivity contribution in [2.75, 3.05) is 46.3 Å². The quantitative estimate of drug-likeness (QED) is 0.741. The predicted octanol–water partition coefficient (Wildman–Crippen LogP) is 0.766. The molecule has 2 fully saturated rings. The third-order valence-electron chi connectivity index (χ3n) is 3.79. The second kappa shape index (κ2) is 5.83. The van der Waals surface area contributed by atoms with Crippen molar-refractivity contribution in [3.05, 3.63) is 0 Å². The van der Waals surface area contributed by atoms with Gasteiger partial charge in [-0.1, -0.05) is 0 Å². The first kappa shape index (κ1) is 11.4. The van der Waals surface area contributed by atoms with E-state index in [0.29, 0.717) is 0 Å². The lowest BCUT2D eigenvalue weighted by Crippen LogP contribution is -2.44. The molecule has 0 radical (unpaired) electrons. The SMILES string of the molecule is CN1CCN(CCCC2CCCN2)CC1. The van der Waals surface area contributed by atoms with Gasteiger partial charge in [0.15, 0.2) is 0 Å². The summed E-state index contributed by atoms with van der Waals surface area (Å²) in [6.07, 6.45) is 5.55. The van der Waals surface area contributed by atoms with Crippen molar-refractivity contribution < 1.29 is 0 Å². The summed E-state index contributed by atoms with van der Waals surface area (Å²) < 4.78 is 0. The third-order valence-corrected chi connectivity index (χ3v) is 3.79. The van der Waals surface area contributed by atoms with Gasteiger partial charge in [0.2, 0.25) is 0 Å². The Bertz CT molecular complexity index is 170. The molecule has 2 aliphatic heterocycles. The molecular weight excluding hydrogens is 186 g/mol. The topological polar surface area (TPSA) is 18.5 Å². The fraction of sp³-hybridized carbons (Fsp3) is 1.00. The van der Waals surface area contributed by atoms with E-state index in [9.17, 15) is 0 Å². The van der Waals surface area contributed by atoms with Crippen molar-refractivity contribution in [2.24, 2.45) is 0 Å². The van der Waals surface area contributed by atoms with E-state index in [1.165, 1.54) is 65.0 Å². The van der Waals surface area contributed by atoms with Crippen LogP contribution in [-0.4, -0.2) is 62.2 Å². The zero-order chi connectivity index (χ0) is 10.5. The Morgan fingerprint density at radius 3 is 2.67 bits per heavy atom. The first-order chi connectivity index (χ1) is 7.34. The standard InChI is InChI=1S/C12H25N3/c1-14-8-10-15(11-9-14)7-3-5-12-4-2-6-13-12/h12-13H,2-11H2,1H3. The van der Waals surface area contributed by atoms with Crippen LogP contribution < -0.4 is 5.32 Å². The molecule has 0 aromatic heterocycles. The van der Waals surface area contributed by atoms with E-state index in [1.54, 1.807) is 0 Å². The van der Waals surface area contributed by atoms with Gasteiger partial charge in [-0.3, -0.25) is 0 Å². The minimum Gasteiger partial charge on any atom is -0.314 e. The summed E-state index contributed by atoms with van der Waals surface area (Å²) in [5, 5.41) is 3.57. The van der Waals surface area contributed by atoms with Crippen molar-refractivity contribution in [3.8, 4) is 0 Å². The Morgan fingerprint density at radius 2 is 2.00 bits per heavy atom. The summed E-state index contributed by atoms with van der Waals surface area (Å²) in [7, 11) is 2.22. The Hall–Kier alpha value is -0.120. The van der Waals surface area contributed by atoms with Crippen LogP contribution in [0.15, 0.2) is 0 Å². The van der Waals surface area contributed by atoms with Gasteiger partial charge in [-0.05, 0) is 45.8 Å². The summed E-state index contributed by atoms with van der Waals surface area (Å²) in [5.41, 5.74) is 0. The van der Waals surface area contributed by atoms with E-state index in [4.69, 9.17) is 0 Å². The summed E-state index contributed by atoms with van der Waals surface area (Å²) >= 11 is 0. The maximum absolute atomic E-state index is 3.57. The summed E-state index contributed by atoms with van der Waals surface area (Å²) in [5.74, 6) is 0. The smallest absolute Gasteiger partial charge is 0.0110 e. The molecule has 88 valence electrons. The molecular formula is C12H25N3. The van der Waals surface area contributed by atoms with E-state index in [-0.39, 0.29) is 0 Å². The van der Waals surface area contributed by atoms with Gasteiger partial charge in [0.05, 0.1) is 0 Å². The first-order valence-electron chi connectivity index (χ1n) is 6.49. The van der Waals surface area contributed by atoms with Gasteiger partial charge in [-0.25, -0.2) is 0 Å². The molecule has 0 amide bonds. The molecule has 3 heteroatoms. The molecule has 3 nitrogen and oxygen atoms in total. The summed E-state index contributed by atoms with van der Waals surface area (Å²) in [6.45, 7) is 7.61. The van der Waals surface area contributed by atoms with E-state index in [2.05, 4.69) is 22.2 Å². The van der Waals surface area contributed by atoms with E-state index in [0.717, 1.165) is 6.04 Å². The average molecular weight is 211 g/mol. The van der Waals surface area contributed by atoms with Gasteiger partial charge in [0.25, 0.3) is 0 Å². The lowest BCUT2D eigenvalue weighted by atomic mass is 10.1. The second-order valence-corrected chi connectivity index (χ2v) is 5.08. The highest BCUT2D eigenvalue weighted by Crippen LogP contribution is 2.11. The molecule has 2 heterocycles. The maximum atomic E-state index is 3.57. The van der Waals surface area contributed by atoms with Crippen LogP contribution in [0.25, 0.3) is 0 Å². The van der Waals surface area contributed by atoms with Crippen LogP contribution in [0, 0.1) is 0 Å². The Balaban J connectivity index is 1.53. The number of rotatable bonds is 4. The number of piperazine rings is 1. The van der Waals surface area contributed by atoms with Gasteiger partial charge in [-0.15, -0.1) is 0 Å². The third kappa shape index (κ3) is 3.74. The lowest BCUT2D eigenvalue weighted by Gasteiger charge is -2.32. The van der Waals surface area contributed by atoms with Gasteiger partial charge in [-0.2, -0.15) is 0 Å². The minimum atomic E-state index is 0.831. The summed E-state index contributed by atoms with van der Waals surface area (Å²) in [4.78, 5) is 5.05. The predicted molar refractivity (Wildman–Crippen MR) is 64.2 cm³/mol. The van der Waals surface area contributed by atoms with Crippen LogP contribution in [0.4, 0.5) is 0 Å². The molecule has 1 atom stereocenters. The fourth-order valence-corrected chi connectivity index (χ4v) is 2.64. The number of nitrogens with zero attached hydrogens (tertiary/aromatic N) is 2. The second-order valence-electron chi connectivity index (χ2n) is 5.08. The molecule has 0 bridgehead atoms. The van der Waals surface area contributed by atoms with E-state index >= 15 is 0 Å². The van der Waals surface area contributed by atoms with Crippen LogP contribution in [0.2, 0.25) is 0 Å². The number of hydrogen-bond acceptors (Lipinski definition) is 3.